The van der Waals surface area contributed by atoms with Gasteiger partial charge in [0, 0.05) is 17.0 Å². The van der Waals surface area contributed by atoms with Gasteiger partial charge in [-0.15, -0.1) is 0 Å². The highest BCUT2D eigenvalue weighted by molar-refractivity contribution is 5.85. The minimum atomic E-state index is 0.480. The zero-order chi connectivity index (χ0) is 13.1. The molecular weight excluding hydrogens is 222 g/mol. The molecule has 1 heterocycles. The molecule has 2 aromatic rings. The molecule has 0 aliphatic carbocycles. The predicted octanol–water partition coefficient (Wildman–Crippen LogP) is 4.06. The number of hydrogen-bond acceptors (Lipinski definition) is 2. The molecule has 0 amide bonds. The second-order valence-corrected chi connectivity index (χ2v) is 5.04. The molecule has 0 fully saturated rings. The van der Waals surface area contributed by atoms with E-state index in [4.69, 9.17) is 4.42 Å². The maximum Gasteiger partial charge on any atom is 0.137 e. The number of hydrogen-bond donors (Lipinski definition) is 1. The summed E-state index contributed by atoms with van der Waals surface area (Å²) in [4.78, 5) is 0. The Bertz CT molecular complexity index is 525. The van der Waals surface area contributed by atoms with Gasteiger partial charge in [0.15, 0.2) is 0 Å². The van der Waals surface area contributed by atoms with Crippen LogP contribution in [0.5, 0.6) is 0 Å². The Labute approximate surface area is 109 Å². The van der Waals surface area contributed by atoms with Crippen LogP contribution in [0.2, 0.25) is 0 Å². The quantitative estimate of drug-likeness (QED) is 0.859. The Kier molecular flexibility index (Phi) is 4.07. The summed E-state index contributed by atoms with van der Waals surface area (Å²) in [6, 6.07) is 6.95. The topological polar surface area (TPSA) is 25.2 Å². The van der Waals surface area contributed by atoms with Crippen molar-refractivity contribution in [1.29, 1.82) is 0 Å². The van der Waals surface area contributed by atoms with Crippen LogP contribution < -0.4 is 5.32 Å². The first kappa shape index (κ1) is 13.2. The normalized spacial score (nSPS) is 11.6. The van der Waals surface area contributed by atoms with Crippen LogP contribution in [0.3, 0.4) is 0 Å². The lowest BCUT2D eigenvalue weighted by molar-refractivity contribution is 0.482. The number of fused-ring (bicyclic) bond motifs is 1. The van der Waals surface area contributed by atoms with E-state index in [1.54, 1.807) is 0 Å². The molecule has 2 heteroatoms. The highest BCUT2D eigenvalue weighted by Gasteiger charge is 2.14. The van der Waals surface area contributed by atoms with Gasteiger partial charge in [0.25, 0.3) is 0 Å². The molecule has 18 heavy (non-hydrogen) atoms. The maximum atomic E-state index is 6.10. The van der Waals surface area contributed by atoms with Crippen LogP contribution in [0.1, 0.15) is 44.6 Å². The summed E-state index contributed by atoms with van der Waals surface area (Å²) in [5.74, 6) is 1.10. The number of aryl methyl sites for hydroxylation is 2. The smallest absolute Gasteiger partial charge is 0.137 e. The van der Waals surface area contributed by atoms with Crippen LogP contribution in [0.25, 0.3) is 11.0 Å². The lowest BCUT2D eigenvalue weighted by Crippen LogP contribution is -2.22. The Morgan fingerprint density at radius 3 is 2.56 bits per heavy atom. The van der Waals surface area contributed by atoms with Crippen LogP contribution in [0, 0.1) is 0 Å². The molecule has 0 aliphatic heterocycles. The second-order valence-electron chi connectivity index (χ2n) is 5.04. The molecule has 0 bridgehead atoms. The summed E-state index contributed by atoms with van der Waals surface area (Å²) in [5, 5.41) is 4.73. The molecule has 0 saturated carbocycles. The minimum absolute atomic E-state index is 0.480. The molecule has 0 aliphatic rings. The molecule has 0 unspecified atom stereocenters. The van der Waals surface area contributed by atoms with E-state index in [0.29, 0.717) is 6.04 Å². The van der Waals surface area contributed by atoms with Gasteiger partial charge in [-0.1, -0.05) is 45.9 Å². The number of furan rings is 1. The Hall–Kier alpha value is -1.28. The van der Waals surface area contributed by atoms with Crippen LogP contribution >= 0.6 is 0 Å². The largest absolute Gasteiger partial charge is 0.459 e. The zero-order valence-corrected chi connectivity index (χ0v) is 11.8. The molecule has 2 nitrogen and oxygen atoms in total. The van der Waals surface area contributed by atoms with Crippen molar-refractivity contribution >= 4 is 11.0 Å². The molecule has 0 atom stereocenters. The summed E-state index contributed by atoms with van der Waals surface area (Å²) in [6.07, 6.45) is 2.04. The fraction of sp³-hybridized carbons (Fsp3) is 0.500. The molecule has 0 radical (unpaired) electrons. The van der Waals surface area contributed by atoms with Crippen molar-refractivity contribution in [3.63, 3.8) is 0 Å². The zero-order valence-electron chi connectivity index (χ0n) is 11.8. The number of rotatable bonds is 5. The van der Waals surface area contributed by atoms with Crippen molar-refractivity contribution in [3.05, 3.63) is 35.1 Å². The molecule has 0 saturated heterocycles. The molecular formula is C16H23NO. The third-order valence-corrected chi connectivity index (χ3v) is 3.39. The van der Waals surface area contributed by atoms with Gasteiger partial charge in [-0.05, 0) is 18.4 Å². The molecule has 1 aromatic heterocycles. The van der Waals surface area contributed by atoms with Crippen molar-refractivity contribution in [3.8, 4) is 0 Å². The number of para-hydroxylation sites is 1. The van der Waals surface area contributed by atoms with E-state index >= 15 is 0 Å². The van der Waals surface area contributed by atoms with Crippen LogP contribution in [0.4, 0.5) is 0 Å². The highest BCUT2D eigenvalue weighted by Crippen LogP contribution is 2.29. The Morgan fingerprint density at radius 1 is 1.17 bits per heavy atom. The van der Waals surface area contributed by atoms with Crippen molar-refractivity contribution < 1.29 is 4.42 Å². The van der Waals surface area contributed by atoms with E-state index in [1.165, 1.54) is 16.5 Å². The second kappa shape index (κ2) is 5.57. The van der Waals surface area contributed by atoms with Crippen molar-refractivity contribution in [2.75, 3.05) is 0 Å². The van der Waals surface area contributed by atoms with Gasteiger partial charge in [0.2, 0.25) is 0 Å². The number of benzene rings is 1. The van der Waals surface area contributed by atoms with Crippen LogP contribution in [-0.2, 0) is 19.4 Å². The molecule has 0 spiro atoms. The summed E-state index contributed by atoms with van der Waals surface area (Å²) in [6.45, 7) is 9.51. The van der Waals surface area contributed by atoms with Gasteiger partial charge in [0.1, 0.15) is 11.3 Å². The third kappa shape index (κ3) is 2.44. The third-order valence-electron chi connectivity index (χ3n) is 3.39. The first-order valence-electron chi connectivity index (χ1n) is 6.92. The number of nitrogens with one attached hydrogen (secondary N) is 1. The van der Waals surface area contributed by atoms with Gasteiger partial charge in [-0.25, -0.2) is 0 Å². The van der Waals surface area contributed by atoms with E-state index < -0.39 is 0 Å². The van der Waals surface area contributed by atoms with Gasteiger partial charge in [0.05, 0.1) is 6.54 Å². The fourth-order valence-corrected chi connectivity index (χ4v) is 2.38. The first-order valence-corrected chi connectivity index (χ1v) is 6.92. The lowest BCUT2D eigenvalue weighted by atomic mass is 10.0. The fourth-order valence-electron chi connectivity index (χ4n) is 2.38. The minimum Gasteiger partial charge on any atom is -0.459 e. The van der Waals surface area contributed by atoms with Gasteiger partial charge in [-0.3, -0.25) is 0 Å². The van der Waals surface area contributed by atoms with E-state index in [1.807, 2.05) is 0 Å². The van der Waals surface area contributed by atoms with E-state index in [9.17, 15) is 0 Å². The summed E-state index contributed by atoms with van der Waals surface area (Å²) < 4.78 is 6.10. The summed E-state index contributed by atoms with van der Waals surface area (Å²) in [5.41, 5.74) is 3.74. The molecule has 98 valence electrons. The van der Waals surface area contributed by atoms with Crippen molar-refractivity contribution in [2.45, 2.75) is 53.1 Å². The monoisotopic (exact) mass is 245 g/mol. The summed E-state index contributed by atoms with van der Waals surface area (Å²) >= 11 is 0. The molecule has 1 aromatic carbocycles. The lowest BCUT2D eigenvalue weighted by Gasteiger charge is -2.06. The SMILES string of the molecule is CCc1c(CNC(C)C)oc2c(CC)cccc12. The van der Waals surface area contributed by atoms with E-state index in [-0.39, 0.29) is 0 Å². The maximum absolute atomic E-state index is 6.10. The Morgan fingerprint density at radius 2 is 1.94 bits per heavy atom. The average Bonchev–Trinajstić information content (AvgIpc) is 2.73. The summed E-state index contributed by atoms with van der Waals surface area (Å²) in [7, 11) is 0. The standard InChI is InChI=1S/C16H23NO/c1-5-12-8-7-9-14-13(6-2)15(18-16(12)14)10-17-11(3)4/h7-9,11,17H,5-6,10H2,1-4H3. The molecule has 1 N–H and O–H groups in total. The van der Waals surface area contributed by atoms with Gasteiger partial charge >= 0.3 is 0 Å². The predicted molar refractivity (Wildman–Crippen MR) is 76.9 cm³/mol. The van der Waals surface area contributed by atoms with Crippen LogP contribution in [0.15, 0.2) is 22.6 Å². The average molecular weight is 245 g/mol. The van der Waals surface area contributed by atoms with Crippen LogP contribution in [-0.4, -0.2) is 6.04 Å². The van der Waals surface area contributed by atoms with E-state index in [2.05, 4.69) is 51.2 Å². The van der Waals surface area contributed by atoms with E-state index in [0.717, 1.165) is 30.7 Å². The highest BCUT2D eigenvalue weighted by atomic mass is 16.3. The van der Waals surface area contributed by atoms with Gasteiger partial charge < -0.3 is 9.73 Å². The first-order chi connectivity index (χ1) is 8.67. The Balaban J connectivity index is 2.46. The van der Waals surface area contributed by atoms with Crippen molar-refractivity contribution in [2.24, 2.45) is 0 Å². The van der Waals surface area contributed by atoms with Gasteiger partial charge in [-0.2, -0.15) is 0 Å². The molecule has 2 rings (SSSR count). The van der Waals surface area contributed by atoms with Crippen molar-refractivity contribution in [1.82, 2.24) is 5.32 Å².